The number of unbranched alkanes of at least 4 members (excludes halogenated alkanes) is 1. The number of aryl methyl sites for hydroxylation is 1. The molecule has 4 heteroatoms. The molecule has 0 spiro atoms. The molecule has 0 heterocycles. The normalized spacial score (nSPS) is 10.1. The molecule has 0 saturated heterocycles. The third kappa shape index (κ3) is 6.44. The molecule has 1 rings (SSSR count). The summed E-state index contributed by atoms with van der Waals surface area (Å²) < 4.78 is 0. The number of carbonyl (C=O) groups excluding carboxylic acids is 1. The summed E-state index contributed by atoms with van der Waals surface area (Å²) in [6, 6.07) is 5.42. The van der Waals surface area contributed by atoms with E-state index in [9.17, 15) is 4.79 Å². The first kappa shape index (κ1) is 17.2. The molecular weight excluding hydrogens is 264 g/mol. The lowest BCUT2D eigenvalue weighted by Crippen LogP contribution is -2.25. The average molecular weight is 288 g/mol. The highest BCUT2D eigenvalue weighted by Crippen LogP contribution is 2.10. The van der Waals surface area contributed by atoms with Gasteiger partial charge in [0, 0.05) is 17.7 Å². The Labute approximate surface area is 127 Å². The number of nitrogens with zero attached hydrogens (tertiary/aromatic N) is 1. The van der Waals surface area contributed by atoms with Crippen molar-refractivity contribution < 1.29 is 9.90 Å². The van der Waals surface area contributed by atoms with E-state index >= 15 is 0 Å². The van der Waals surface area contributed by atoms with Gasteiger partial charge >= 0.3 is 0 Å². The molecule has 2 N–H and O–H groups in total. The fourth-order valence-electron chi connectivity index (χ4n) is 1.94. The van der Waals surface area contributed by atoms with Crippen molar-refractivity contribution in [2.75, 3.05) is 33.8 Å². The van der Waals surface area contributed by atoms with Gasteiger partial charge in [-0.1, -0.05) is 11.8 Å². The van der Waals surface area contributed by atoms with Crippen LogP contribution in [-0.2, 0) is 0 Å². The van der Waals surface area contributed by atoms with E-state index in [-0.39, 0.29) is 12.5 Å². The maximum atomic E-state index is 12.0. The summed E-state index contributed by atoms with van der Waals surface area (Å²) in [6.45, 7) is 3.48. The zero-order chi connectivity index (χ0) is 15.7. The predicted octanol–water partition coefficient (Wildman–Crippen LogP) is 1.41. The van der Waals surface area contributed by atoms with E-state index in [1.807, 2.05) is 33.2 Å². The smallest absolute Gasteiger partial charge is 0.251 e. The Morgan fingerprint density at radius 1 is 1.33 bits per heavy atom. The van der Waals surface area contributed by atoms with Gasteiger partial charge in [0.15, 0.2) is 0 Å². The zero-order valence-corrected chi connectivity index (χ0v) is 13.1. The number of hydrogen-bond donors (Lipinski definition) is 2. The lowest BCUT2D eigenvalue weighted by Gasteiger charge is -2.10. The summed E-state index contributed by atoms with van der Waals surface area (Å²) in [7, 11) is 4.09. The topological polar surface area (TPSA) is 52.6 Å². The van der Waals surface area contributed by atoms with E-state index in [0.717, 1.165) is 30.5 Å². The van der Waals surface area contributed by atoms with E-state index in [0.29, 0.717) is 12.1 Å². The summed E-state index contributed by atoms with van der Waals surface area (Å²) in [4.78, 5) is 14.2. The summed E-state index contributed by atoms with van der Waals surface area (Å²) in [5, 5.41) is 11.6. The molecule has 0 atom stereocenters. The number of nitrogens with one attached hydrogen (secondary N) is 1. The Morgan fingerprint density at radius 3 is 2.71 bits per heavy atom. The largest absolute Gasteiger partial charge is 0.384 e. The minimum absolute atomic E-state index is 0.0513. The van der Waals surface area contributed by atoms with Gasteiger partial charge < -0.3 is 15.3 Å². The van der Waals surface area contributed by atoms with Crippen LogP contribution in [0.3, 0.4) is 0 Å². The molecular formula is C17H24N2O2. The molecule has 21 heavy (non-hydrogen) atoms. The molecule has 1 aromatic carbocycles. The van der Waals surface area contributed by atoms with E-state index in [4.69, 9.17) is 5.11 Å². The van der Waals surface area contributed by atoms with Gasteiger partial charge in [0.25, 0.3) is 5.91 Å². The van der Waals surface area contributed by atoms with Gasteiger partial charge in [-0.2, -0.15) is 0 Å². The molecule has 0 fully saturated rings. The Hall–Kier alpha value is -1.83. The fraction of sp³-hybridized carbons (Fsp3) is 0.471. The van der Waals surface area contributed by atoms with Crippen molar-refractivity contribution >= 4 is 5.91 Å². The van der Waals surface area contributed by atoms with Crippen LogP contribution in [0.1, 0.15) is 34.3 Å². The van der Waals surface area contributed by atoms with Crippen molar-refractivity contribution in [1.29, 1.82) is 0 Å². The molecule has 0 unspecified atom stereocenters. The molecule has 0 radical (unpaired) electrons. The zero-order valence-electron chi connectivity index (χ0n) is 13.1. The number of aliphatic hydroxyl groups is 1. The number of aliphatic hydroxyl groups excluding tert-OH is 1. The van der Waals surface area contributed by atoms with E-state index in [1.54, 1.807) is 6.07 Å². The van der Waals surface area contributed by atoms with Crippen molar-refractivity contribution in [3.05, 3.63) is 34.9 Å². The minimum Gasteiger partial charge on any atom is -0.384 e. The van der Waals surface area contributed by atoms with E-state index < -0.39 is 0 Å². The lowest BCUT2D eigenvalue weighted by atomic mass is 10.0. The van der Waals surface area contributed by atoms with Gasteiger partial charge in [0.05, 0.1) is 0 Å². The van der Waals surface area contributed by atoms with Crippen LogP contribution in [0.5, 0.6) is 0 Å². The molecule has 0 saturated carbocycles. The second kappa shape index (κ2) is 9.17. The van der Waals surface area contributed by atoms with Crippen LogP contribution >= 0.6 is 0 Å². The summed E-state index contributed by atoms with van der Waals surface area (Å²) in [5.74, 6) is 5.42. The Morgan fingerprint density at radius 2 is 2.10 bits per heavy atom. The standard InChI is InChI=1S/C17H24N2O2/c1-14-13-16(9-8-15(14)7-6-12-20)17(21)18-10-4-5-11-19(2)3/h8-9,13,20H,4-5,10-12H2,1-3H3,(H,18,21). The fourth-order valence-corrected chi connectivity index (χ4v) is 1.94. The van der Waals surface area contributed by atoms with Crippen LogP contribution in [0, 0.1) is 18.8 Å². The number of amides is 1. The summed E-state index contributed by atoms with van der Waals surface area (Å²) >= 11 is 0. The number of carbonyl (C=O) groups is 1. The van der Waals surface area contributed by atoms with Gasteiger partial charge in [-0.05, 0) is 64.2 Å². The van der Waals surface area contributed by atoms with Crippen LogP contribution in [0.15, 0.2) is 18.2 Å². The second-order valence-corrected chi connectivity index (χ2v) is 5.26. The molecule has 1 amide bonds. The first-order valence-corrected chi connectivity index (χ1v) is 7.18. The van der Waals surface area contributed by atoms with Crippen molar-refractivity contribution in [3.8, 4) is 11.8 Å². The molecule has 114 valence electrons. The molecule has 0 aromatic heterocycles. The van der Waals surface area contributed by atoms with Crippen LogP contribution < -0.4 is 5.32 Å². The first-order valence-electron chi connectivity index (χ1n) is 7.18. The number of benzene rings is 1. The Balaban J connectivity index is 2.49. The molecule has 1 aromatic rings. The highest BCUT2D eigenvalue weighted by molar-refractivity contribution is 5.94. The van der Waals surface area contributed by atoms with Gasteiger partial charge in [0.1, 0.15) is 6.61 Å². The molecule has 0 aliphatic carbocycles. The quantitative estimate of drug-likeness (QED) is 0.615. The van der Waals surface area contributed by atoms with Crippen LogP contribution in [0.25, 0.3) is 0 Å². The minimum atomic E-state index is -0.158. The van der Waals surface area contributed by atoms with Crippen LogP contribution in [-0.4, -0.2) is 49.7 Å². The summed E-state index contributed by atoms with van der Waals surface area (Å²) in [5.41, 5.74) is 2.43. The SMILES string of the molecule is Cc1cc(C(=O)NCCCCN(C)C)ccc1C#CCO. The van der Waals surface area contributed by atoms with Crippen molar-refractivity contribution in [1.82, 2.24) is 10.2 Å². The highest BCUT2D eigenvalue weighted by atomic mass is 16.2. The maximum Gasteiger partial charge on any atom is 0.251 e. The van der Waals surface area contributed by atoms with Gasteiger partial charge in [-0.3, -0.25) is 4.79 Å². The maximum absolute atomic E-state index is 12.0. The number of hydrogen-bond acceptors (Lipinski definition) is 3. The highest BCUT2D eigenvalue weighted by Gasteiger charge is 2.06. The molecule has 4 nitrogen and oxygen atoms in total. The predicted molar refractivity (Wildman–Crippen MR) is 85.3 cm³/mol. The van der Waals surface area contributed by atoms with Crippen molar-refractivity contribution in [2.45, 2.75) is 19.8 Å². The van der Waals surface area contributed by atoms with Gasteiger partial charge in [-0.25, -0.2) is 0 Å². The van der Waals surface area contributed by atoms with Gasteiger partial charge in [-0.15, -0.1) is 0 Å². The first-order chi connectivity index (χ1) is 10.0. The molecule has 0 bridgehead atoms. The Kier molecular flexibility index (Phi) is 7.52. The number of rotatable bonds is 6. The van der Waals surface area contributed by atoms with Crippen molar-refractivity contribution in [2.24, 2.45) is 0 Å². The van der Waals surface area contributed by atoms with Crippen LogP contribution in [0.4, 0.5) is 0 Å². The van der Waals surface area contributed by atoms with E-state index in [1.165, 1.54) is 0 Å². The molecule has 0 aliphatic heterocycles. The van der Waals surface area contributed by atoms with Crippen molar-refractivity contribution in [3.63, 3.8) is 0 Å². The van der Waals surface area contributed by atoms with E-state index in [2.05, 4.69) is 22.1 Å². The third-order valence-corrected chi connectivity index (χ3v) is 3.11. The third-order valence-electron chi connectivity index (χ3n) is 3.11. The monoisotopic (exact) mass is 288 g/mol. The second-order valence-electron chi connectivity index (χ2n) is 5.26. The summed E-state index contributed by atoms with van der Waals surface area (Å²) in [6.07, 6.45) is 2.05. The average Bonchev–Trinajstić information content (AvgIpc) is 2.45. The molecule has 0 aliphatic rings. The van der Waals surface area contributed by atoms with Crippen LogP contribution in [0.2, 0.25) is 0 Å². The Bertz CT molecular complexity index is 527. The van der Waals surface area contributed by atoms with Gasteiger partial charge in [0.2, 0.25) is 0 Å². The lowest BCUT2D eigenvalue weighted by molar-refractivity contribution is 0.0952.